The highest BCUT2D eigenvalue weighted by Gasteiger charge is 2.05. The summed E-state index contributed by atoms with van der Waals surface area (Å²) < 4.78 is 0. The van der Waals surface area contributed by atoms with Crippen molar-refractivity contribution in [3.8, 4) is 0 Å². The summed E-state index contributed by atoms with van der Waals surface area (Å²) in [5.74, 6) is -1.08. The van der Waals surface area contributed by atoms with Crippen molar-refractivity contribution in [2.24, 2.45) is 5.73 Å². The quantitative estimate of drug-likeness (QED) is 0.772. The molecule has 0 aliphatic rings. The molecule has 0 spiro atoms. The van der Waals surface area contributed by atoms with E-state index in [-0.39, 0.29) is 9.27 Å². The fourth-order valence-corrected chi connectivity index (χ4v) is 0.800. The number of amides is 2. The smallest absolute Gasteiger partial charge is 0.233 e. The second-order valence-corrected chi connectivity index (χ2v) is 3.14. The van der Waals surface area contributed by atoms with Crippen LogP contribution in [0, 0.1) is 0 Å². The van der Waals surface area contributed by atoms with Gasteiger partial charge in [0.15, 0.2) is 0 Å². The van der Waals surface area contributed by atoms with Gasteiger partial charge in [0.1, 0.15) is 6.42 Å². The molecule has 16 heavy (non-hydrogen) atoms. The summed E-state index contributed by atoms with van der Waals surface area (Å²) in [5.41, 5.74) is 5.38. The molecule has 2 amide bonds. The number of nitrogens with two attached hydrogens (primary N) is 1. The zero-order valence-electron chi connectivity index (χ0n) is 9.56. The van der Waals surface area contributed by atoms with E-state index in [0.717, 1.165) is 0 Å². The molecule has 5 nitrogen and oxygen atoms in total. The van der Waals surface area contributed by atoms with Gasteiger partial charge in [-0.05, 0) is 12.1 Å². The minimum absolute atomic E-state index is 0. The minimum atomic E-state index is -0.651. The maximum Gasteiger partial charge on any atom is 0.233 e. The Morgan fingerprint density at radius 2 is 2.12 bits per heavy atom. The molecule has 1 rings (SSSR count). The Morgan fingerprint density at radius 3 is 2.56 bits per heavy atom. The predicted octanol–water partition coefficient (Wildman–Crippen LogP) is 1.80. The number of carbonyl (C=O) groups is 2. The first kappa shape index (κ1) is 14.1. The number of aromatic nitrogens is 1. The number of pyridine rings is 1. The Labute approximate surface area is 98.0 Å². The SMILES string of the molecule is CCC.NC(=O)CC(=O)Nc1cccnc1.[HH].[HH]. The van der Waals surface area contributed by atoms with Gasteiger partial charge in [0.25, 0.3) is 0 Å². The summed E-state index contributed by atoms with van der Waals surface area (Å²) in [5, 5.41) is 2.47. The molecule has 0 atom stereocenters. The lowest BCUT2D eigenvalue weighted by molar-refractivity contribution is -0.124. The maximum atomic E-state index is 11.0. The molecule has 0 aliphatic carbocycles. The molecular weight excluding hydrogens is 206 g/mol. The van der Waals surface area contributed by atoms with E-state index in [1.54, 1.807) is 18.3 Å². The zero-order valence-corrected chi connectivity index (χ0v) is 9.56. The van der Waals surface area contributed by atoms with Crippen LogP contribution >= 0.6 is 0 Å². The largest absolute Gasteiger partial charge is 0.369 e. The van der Waals surface area contributed by atoms with E-state index in [4.69, 9.17) is 5.73 Å². The maximum absolute atomic E-state index is 11.0. The van der Waals surface area contributed by atoms with Crippen LogP contribution < -0.4 is 11.1 Å². The highest BCUT2D eigenvalue weighted by molar-refractivity contribution is 6.02. The van der Waals surface area contributed by atoms with Crippen molar-refractivity contribution in [2.75, 3.05) is 5.32 Å². The van der Waals surface area contributed by atoms with Gasteiger partial charge in [-0.15, -0.1) is 0 Å². The molecule has 0 bridgehead atoms. The molecule has 0 saturated heterocycles. The van der Waals surface area contributed by atoms with Crippen LogP contribution in [0.4, 0.5) is 5.69 Å². The van der Waals surface area contributed by atoms with Crippen LogP contribution in [0.3, 0.4) is 0 Å². The summed E-state index contributed by atoms with van der Waals surface area (Å²) in [6.45, 7) is 4.25. The topological polar surface area (TPSA) is 85.1 Å². The lowest BCUT2D eigenvalue weighted by Crippen LogP contribution is -2.21. The number of anilines is 1. The van der Waals surface area contributed by atoms with Gasteiger partial charge >= 0.3 is 0 Å². The van der Waals surface area contributed by atoms with Gasteiger partial charge in [-0.3, -0.25) is 14.6 Å². The summed E-state index contributed by atoms with van der Waals surface area (Å²) in [4.78, 5) is 25.1. The molecule has 0 aliphatic heterocycles. The van der Waals surface area contributed by atoms with Crippen molar-refractivity contribution < 1.29 is 12.4 Å². The van der Waals surface area contributed by atoms with Crippen LogP contribution in [0.1, 0.15) is 29.5 Å². The van der Waals surface area contributed by atoms with E-state index in [1.165, 1.54) is 12.6 Å². The van der Waals surface area contributed by atoms with E-state index in [2.05, 4.69) is 24.1 Å². The predicted molar refractivity (Wildman–Crippen MR) is 66.9 cm³/mol. The normalized spacial score (nSPS) is 8.62. The van der Waals surface area contributed by atoms with Gasteiger partial charge in [0, 0.05) is 9.05 Å². The highest BCUT2D eigenvalue weighted by Crippen LogP contribution is 2.02. The summed E-state index contributed by atoms with van der Waals surface area (Å²) >= 11 is 0. The number of nitrogens with zero attached hydrogens (tertiary/aromatic N) is 1. The zero-order chi connectivity index (χ0) is 12.4. The Bertz CT molecular complexity index is 334. The van der Waals surface area contributed by atoms with Gasteiger partial charge in [0.05, 0.1) is 11.9 Å². The van der Waals surface area contributed by atoms with Gasteiger partial charge in [0.2, 0.25) is 11.8 Å². The Balaban J connectivity index is -0.000000410. The molecule has 0 fully saturated rings. The molecule has 0 radical (unpaired) electrons. The lowest BCUT2D eigenvalue weighted by Gasteiger charge is -2.01. The van der Waals surface area contributed by atoms with Gasteiger partial charge < -0.3 is 11.1 Å². The third kappa shape index (κ3) is 7.49. The average Bonchev–Trinajstić information content (AvgIpc) is 2.18. The Kier molecular flexibility index (Phi) is 7.40. The molecule has 92 valence electrons. The third-order valence-electron chi connectivity index (χ3n) is 1.28. The number of rotatable bonds is 3. The van der Waals surface area contributed by atoms with Gasteiger partial charge in [-0.25, -0.2) is 0 Å². The van der Waals surface area contributed by atoms with Crippen LogP contribution in [0.25, 0.3) is 0 Å². The molecule has 1 aromatic rings. The number of carbonyl (C=O) groups excluding carboxylic acids is 2. The van der Waals surface area contributed by atoms with Crippen molar-refractivity contribution in [3.05, 3.63) is 24.5 Å². The monoisotopic (exact) mass is 227 g/mol. The van der Waals surface area contributed by atoms with Crippen molar-refractivity contribution >= 4 is 17.5 Å². The van der Waals surface area contributed by atoms with Crippen molar-refractivity contribution in [3.63, 3.8) is 0 Å². The van der Waals surface area contributed by atoms with E-state index in [0.29, 0.717) is 5.69 Å². The molecule has 3 N–H and O–H groups in total. The molecule has 0 unspecified atom stereocenters. The number of nitrogens with one attached hydrogen (secondary N) is 1. The molecule has 0 saturated carbocycles. The second kappa shape index (κ2) is 8.40. The van der Waals surface area contributed by atoms with Gasteiger partial charge in [-0.2, -0.15) is 0 Å². The number of hydrogen-bond acceptors (Lipinski definition) is 3. The van der Waals surface area contributed by atoms with E-state index in [9.17, 15) is 9.59 Å². The van der Waals surface area contributed by atoms with E-state index in [1.807, 2.05) is 0 Å². The summed E-state index contributed by atoms with van der Waals surface area (Å²) in [7, 11) is 0. The van der Waals surface area contributed by atoms with Crippen LogP contribution in [0.2, 0.25) is 0 Å². The van der Waals surface area contributed by atoms with Crippen LogP contribution in [-0.2, 0) is 9.59 Å². The molecular formula is C11H21N3O2. The van der Waals surface area contributed by atoms with Crippen molar-refractivity contribution in [2.45, 2.75) is 26.7 Å². The first-order valence-electron chi connectivity index (χ1n) is 5.08. The Morgan fingerprint density at radius 1 is 1.50 bits per heavy atom. The van der Waals surface area contributed by atoms with Crippen LogP contribution in [-0.4, -0.2) is 16.8 Å². The van der Waals surface area contributed by atoms with Crippen LogP contribution in [0.5, 0.6) is 0 Å². The lowest BCUT2D eigenvalue weighted by atomic mass is 10.3. The first-order valence-corrected chi connectivity index (χ1v) is 5.08. The van der Waals surface area contributed by atoms with Crippen molar-refractivity contribution in [1.29, 1.82) is 0 Å². The fourth-order valence-electron chi connectivity index (χ4n) is 0.800. The third-order valence-corrected chi connectivity index (χ3v) is 1.28. The molecule has 1 aromatic heterocycles. The summed E-state index contributed by atoms with van der Waals surface area (Å²) in [6.07, 6.45) is 4.01. The summed E-state index contributed by atoms with van der Waals surface area (Å²) in [6, 6.07) is 3.35. The minimum Gasteiger partial charge on any atom is -0.369 e. The Hall–Kier alpha value is -1.91. The highest BCUT2D eigenvalue weighted by atomic mass is 16.2. The average molecular weight is 227 g/mol. The number of hydrogen-bond donors (Lipinski definition) is 2. The fraction of sp³-hybridized carbons (Fsp3) is 0.364. The second-order valence-electron chi connectivity index (χ2n) is 3.14. The van der Waals surface area contributed by atoms with Crippen LogP contribution in [0.15, 0.2) is 24.5 Å². The standard InChI is InChI=1S/C8H9N3O2.C3H8.2H2/c9-7(12)4-8(13)11-6-2-1-3-10-5-6;1-3-2;;/h1-3,5H,4H2,(H2,9,12)(H,11,13);3H2,1-2H3;2*1H. The molecule has 1 heterocycles. The first-order chi connectivity index (χ1) is 7.60. The van der Waals surface area contributed by atoms with Crippen molar-refractivity contribution in [1.82, 2.24) is 4.98 Å². The molecule has 0 aromatic carbocycles. The molecule has 5 heteroatoms. The van der Waals surface area contributed by atoms with E-state index >= 15 is 0 Å². The van der Waals surface area contributed by atoms with E-state index < -0.39 is 11.8 Å². The number of primary amides is 1. The van der Waals surface area contributed by atoms with Gasteiger partial charge in [-0.1, -0.05) is 20.3 Å².